The summed E-state index contributed by atoms with van der Waals surface area (Å²) < 4.78 is 5.27. The molecule has 0 bridgehead atoms. The number of rotatable bonds is 8. The molecule has 3 N–H and O–H groups in total. The van der Waals surface area contributed by atoms with Gasteiger partial charge in [-0.3, -0.25) is 19.3 Å². The van der Waals surface area contributed by atoms with Gasteiger partial charge < -0.3 is 20.3 Å². The standard InChI is InChI=1S/C22H26N4O4/c1-3-12-25(13-20(27)24-17-9-5-7-11-19(17)30-2)15-22(29)26-14-21(28)23-16-8-4-6-10-18(16)26/h4-11H,3,12-15H2,1-2H3,(H,23,28)(H,24,27)/p+1. The van der Waals surface area contributed by atoms with Crippen LogP contribution >= 0.6 is 0 Å². The van der Waals surface area contributed by atoms with Crippen molar-refractivity contribution in [2.24, 2.45) is 0 Å². The molecule has 1 aliphatic rings. The van der Waals surface area contributed by atoms with Crippen LogP contribution in [0.3, 0.4) is 0 Å². The molecule has 0 saturated heterocycles. The Hall–Kier alpha value is -3.39. The van der Waals surface area contributed by atoms with E-state index in [4.69, 9.17) is 4.74 Å². The summed E-state index contributed by atoms with van der Waals surface area (Å²) in [6.07, 6.45) is 0.821. The maximum atomic E-state index is 13.0. The summed E-state index contributed by atoms with van der Waals surface area (Å²) in [4.78, 5) is 39.9. The van der Waals surface area contributed by atoms with E-state index >= 15 is 0 Å². The van der Waals surface area contributed by atoms with Crippen LogP contribution in [0.4, 0.5) is 17.1 Å². The molecule has 1 aliphatic heterocycles. The van der Waals surface area contributed by atoms with Crippen molar-refractivity contribution >= 4 is 34.8 Å². The molecule has 3 rings (SSSR count). The number of hydrogen-bond acceptors (Lipinski definition) is 4. The van der Waals surface area contributed by atoms with Crippen molar-refractivity contribution in [2.45, 2.75) is 13.3 Å². The van der Waals surface area contributed by atoms with Crippen LogP contribution in [-0.2, 0) is 14.4 Å². The molecule has 2 aromatic rings. The van der Waals surface area contributed by atoms with Gasteiger partial charge in [-0.2, -0.15) is 0 Å². The molecule has 0 aliphatic carbocycles. The Morgan fingerprint density at radius 2 is 1.87 bits per heavy atom. The minimum atomic E-state index is -0.229. The molecule has 30 heavy (non-hydrogen) atoms. The Balaban J connectivity index is 1.67. The first-order valence-corrected chi connectivity index (χ1v) is 9.97. The Bertz CT molecular complexity index is 931. The van der Waals surface area contributed by atoms with Crippen LogP contribution < -0.4 is 25.2 Å². The minimum absolute atomic E-state index is 0.0251. The van der Waals surface area contributed by atoms with Gasteiger partial charge in [-0.1, -0.05) is 31.2 Å². The van der Waals surface area contributed by atoms with E-state index in [0.29, 0.717) is 29.4 Å². The smallest absolute Gasteiger partial charge is 0.282 e. The molecule has 1 atom stereocenters. The normalized spacial score (nSPS) is 13.8. The number of carbonyl (C=O) groups excluding carboxylic acids is 3. The second-order valence-electron chi connectivity index (χ2n) is 7.15. The molecule has 0 aromatic heterocycles. The number of carbonyl (C=O) groups is 3. The molecule has 0 radical (unpaired) electrons. The number of methoxy groups -OCH3 is 1. The predicted molar refractivity (Wildman–Crippen MR) is 115 cm³/mol. The van der Waals surface area contributed by atoms with Crippen molar-refractivity contribution in [3.63, 3.8) is 0 Å². The summed E-state index contributed by atoms with van der Waals surface area (Å²) in [5, 5.41) is 5.63. The summed E-state index contributed by atoms with van der Waals surface area (Å²) in [5.41, 5.74) is 1.89. The number of amides is 3. The molecule has 0 saturated carbocycles. The zero-order valence-electron chi connectivity index (χ0n) is 17.2. The Kier molecular flexibility index (Phi) is 7.03. The molecular formula is C22H27N4O4+. The third-order valence-electron chi connectivity index (χ3n) is 4.87. The van der Waals surface area contributed by atoms with Gasteiger partial charge >= 0.3 is 0 Å². The van der Waals surface area contributed by atoms with Crippen LogP contribution in [0.1, 0.15) is 13.3 Å². The SMILES string of the molecule is CCC[NH+](CC(=O)Nc1ccccc1OC)CC(=O)N1CC(=O)Nc2ccccc21. The highest BCUT2D eigenvalue weighted by Crippen LogP contribution is 2.28. The van der Waals surface area contributed by atoms with E-state index in [-0.39, 0.29) is 37.4 Å². The number of para-hydroxylation sites is 4. The van der Waals surface area contributed by atoms with Crippen LogP contribution in [0.25, 0.3) is 0 Å². The largest absolute Gasteiger partial charge is 0.495 e. The lowest BCUT2D eigenvalue weighted by molar-refractivity contribution is -0.883. The molecule has 158 valence electrons. The van der Waals surface area contributed by atoms with Crippen LogP contribution in [0.15, 0.2) is 48.5 Å². The predicted octanol–water partition coefficient (Wildman–Crippen LogP) is 0.914. The number of benzene rings is 2. The van der Waals surface area contributed by atoms with E-state index in [9.17, 15) is 14.4 Å². The fourth-order valence-corrected chi connectivity index (χ4v) is 3.53. The van der Waals surface area contributed by atoms with Crippen LogP contribution in [0.2, 0.25) is 0 Å². The van der Waals surface area contributed by atoms with Crippen molar-refractivity contribution in [3.8, 4) is 5.75 Å². The summed E-state index contributed by atoms with van der Waals surface area (Å²) in [5.74, 6) is -0.0405. The molecular weight excluding hydrogens is 384 g/mol. The number of fused-ring (bicyclic) bond motifs is 1. The van der Waals surface area contributed by atoms with Gasteiger partial charge in [-0.05, 0) is 30.7 Å². The summed E-state index contributed by atoms with van der Waals surface area (Å²) in [6, 6.07) is 14.4. The average molecular weight is 411 g/mol. The van der Waals surface area contributed by atoms with Gasteiger partial charge in [0.15, 0.2) is 13.1 Å². The lowest BCUT2D eigenvalue weighted by Gasteiger charge is -2.30. The Morgan fingerprint density at radius 3 is 2.63 bits per heavy atom. The molecule has 8 nitrogen and oxygen atoms in total. The lowest BCUT2D eigenvalue weighted by atomic mass is 10.2. The maximum absolute atomic E-state index is 13.0. The average Bonchev–Trinajstić information content (AvgIpc) is 2.73. The molecule has 1 heterocycles. The second kappa shape index (κ2) is 9.89. The first-order valence-electron chi connectivity index (χ1n) is 9.97. The monoisotopic (exact) mass is 411 g/mol. The fraction of sp³-hybridized carbons (Fsp3) is 0.318. The Labute approximate surface area is 175 Å². The third-order valence-corrected chi connectivity index (χ3v) is 4.87. The number of quaternary nitrogens is 1. The number of hydrogen-bond donors (Lipinski definition) is 3. The van der Waals surface area contributed by atoms with Crippen molar-refractivity contribution in [2.75, 3.05) is 48.8 Å². The van der Waals surface area contributed by atoms with Gasteiger partial charge in [0.25, 0.3) is 11.8 Å². The third kappa shape index (κ3) is 5.15. The summed E-state index contributed by atoms with van der Waals surface area (Å²) in [6.45, 7) is 2.90. The van der Waals surface area contributed by atoms with Gasteiger partial charge in [0, 0.05) is 0 Å². The highest BCUT2D eigenvalue weighted by atomic mass is 16.5. The van der Waals surface area contributed by atoms with Gasteiger partial charge in [-0.25, -0.2) is 0 Å². The second-order valence-corrected chi connectivity index (χ2v) is 7.15. The van der Waals surface area contributed by atoms with Gasteiger partial charge in [0.05, 0.1) is 30.7 Å². The van der Waals surface area contributed by atoms with Crippen molar-refractivity contribution in [3.05, 3.63) is 48.5 Å². The quantitative estimate of drug-likeness (QED) is 0.602. The zero-order chi connectivity index (χ0) is 21.5. The van der Waals surface area contributed by atoms with E-state index in [1.807, 2.05) is 31.2 Å². The van der Waals surface area contributed by atoms with E-state index in [1.165, 1.54) is 4.90 Å². The first-order chi connectivity index (χ1) is 14.5. The molecule has 0 fully saturated rings. The van der Waals surface area contributed by atoms with Crippen molar-refractivity contribution in [1.29, 1.82) is 0 Å². The van der Waals surface area contributed by atoms with E-state index in [1.54, 1.807) is 31.4 Å². The first kappa shape index (κ1) is 21.3. The molecule has 0 spiro atoms. The van der Waals surface area contributed by atoms with Gasteiger partial charge in [0.2, 0.25) is 5.91 Å². The number of anilines is 3. The van der Waals surface area contributed by atoms with Gasteiger partial charge in [-0.15, -0.1) is 0 Å². The van der Waals surface area contributed by atoms with Crippen molar-refractivity contribution < 1.29 is 24.0 Å². The number of nitrogens with zero attached hydrogens (tertiary/aromatic N) is 1. The molecule has 2 aromatic carbocycles. The van der Waals surface area contributed by atoms with Crippen molar-refractivity contribution in [1.82, 2.24) is 0 Å². The number of ether oxygens (including phenoxy) is 1. The highest BCUT2D eigenvalue weighted by molar-refractivity contribution is 6.10. The zero-order valence-corrected chi connectivity index (χ0v) is 17.2. The lowest BCUT2D eigenvalue weighted by Crippen LogP contribution is -3.14. The summed E-state index contributed by atoms with van der Waals surface area (Å²) in [7, 11) is 1.55. The molecule has 1 unspecified atom stereocenters. The minimum Gasteiger partial charge on any atom is -0.495 e. The molecule has 3 amide bonds. The van der Waals surface area contributed by atoms with Crippen LogP contribution in [0, 0.1) is 0 Å². The molecule has 8 heteroatoms. The maximum Gasteiger partial charge on any atom is 0.282 e. The topological polar surface area (TPSA) is 92.2 Å². The van der Waals surface area contributed by atoms with Gasteiger partial charge in [0.1, 0.15) is 12.3 Å². The van der Waals surface area contributed by atoms with Crippen LogP contribution in [-0.4, -0.2) is 51.0 Å². The van der Waals surface area contributed by atoms with E-state index < -0.39 is 0 Å². The Morgan fingerprint density at radius 1 is 1.13 bits per heavy atom. The van der Waals surface area contributed by atoms with E-state index in [2.05, 4.69) is 10.6 Å². The summed E-state index contributed by atoms with van der Waals surface area (Å²) >= 11 is 0. The highest BCUT2D eigenvalue weighted by Gasteiger charge is 2.29. The number of nitrogens with one attached hydrogen (secondary N) is 3. The van der Waals surface area contributed by atoms with E-state index in [0.717, 1.165) is 11.3 Å². The fourth-order valence-electron chi connectivity index (χ4n) is 3.53. The van der Waals surface area contributed by atoms with Crippen LogP contribution in [0.5, 0.6) is 5.75 Å².